The normalized spacial score (nSPS) is 19.9. The van der Waals surface area contributed by atoms with Crippen molar-refractivity contribution in [2.45, 2.75) is 39.5 Å². The summed E-state index contributed by atoms with van der Waals surface area (Å²) in [7, 11) is 0. The number of rotatable bonds is 2. The van der Waals surface area contributed by atoms with Crippen molar-refractivity contribution >= 4 is 5.69 Å². The van der Waals surface area contributed by atoms with Gasteiger partial charge < -0.3 is 4.90 Å². The van der Waals surface area contributed by atoms with E-state index < -0.39 is 0 Å². The fourth-order valence-electron chi connectivity index (χ4n) is 2.87. The first-order chi connectivity index (χ1) is 8.63. The summed E-state index contributed by atoms with van der Waals surface area (Å²) >= 11 is 0. The number of nitrogens with zero attached hydrogens (tertiary/aromatic N) is 2. The zero-order chi connectivity index (χ0) is 13.1. The molecule has 1 saturated heterocycles. The van der Waals surface area contributed by atoms with Gasteiger partial charge in [-0.25, -0.2) is 0 Å². The van der Waals surface area contributed by atoms with E-state index in [0.717, 1.165) is 25.9 Å². The van der Waals surface area contributed by atoms with Crippen LogP contribution < -0.4 is 4.90 Å². The topological polar surface area (TPSA) is 27.0 Å². The van der Waals surface area contributed by atoms with Gasteiger partial charge in [0, 0.05) is 18.8 Å². The lowest BCUT2D eigenvalue weighted by molar-refractivity contribution is 0.491. The van der Waals surface area contributed by atoms with E-state index in [-0.39, 0.29) is 5.92 Å². The van der Waals surface area contributed by atoms with Gasteiger partial charge in [0.1, 0.15) is 0 Å². The summed E-state index contributed by atoms with van der Waals surface area (Å²) in [6.07, 6.45) is 2.18. The Bertz CT molecular complexity index is 457. The van der Waals surface area contributed by atoms with E-state index in [1.807, 2.05) is 0 Å². The van der Waals surface area contributed by atoms with Crippen LogP contribution in [0.2, 0.25) is 0 Å². The van der Waals surface area contributed by atoms with Gasteiger partial charge in [-0.1, -0.05) is 32.0 Å². The number of hydrogen-bond donors (Lipinski definition) is 0. The van der Waals surface area contributed by atoms with Crippen LogP contribution in [0.25, 0.3) is 0 Å². The van der Waals surface area contributed by atoms with E-state index in [2.05, 4.69) is 49.9 Å². The van der Waals surface area contributed by atoms with E-state index in [9.17, 15) is 0 Å². The molecule has 1 aromatic carbocycles. The minimum absolute atomic E-state index is 0.193. The van der Waals surface area contributed by atoms with Gasteiger partial charge in [0.15, 0.2) is 0 Å². The van der Waals surface area contributed by atoms with Gasteiger partial charge in [-0.3, -0.25) is 0 Å². The molecule has 1 atom stereocenters. The molecule has 1 heterocycles. The summed E-state index contributed by atoms with van der Waals surface area (Å²) in [5.74, 6) is 0.723. The molecule has 1 unspecified atom stereocenters. The van der Waals surface area contributed by atoms with Crippen molar-refractivity contribution in [3.63, 3.8) is 0 Å². The number of para-hydroxylation sites is 1. The molecule has 0 N–H and O–H groups in total. The largest absolute Gasteiger partial charge is 0.370 e. The molecule has 1 aliphatic heterocycles. The molecule has 0 amide bonds. The molecule has 2 rings (SSSR count). The van der Waals surface area contributed by atoms with Gasteiger partial charge in [-0.15, -0.1) is 0 Å². The number of aryl methyl sites for hydroxylation is 1. The molecule has 18 heavy (non-hydrogen) atoms. The third kappa shape index (κ3) is 2.51. The predicted octanol–water partition coefficient (Wildman–Crippen LogP) is 3.86. The van der Waals surface area contributed by atoms with Crippen LogP contribution >= 0.6 is 0 Å². The Balaban J connectivity index is 2.35. The van der Waals surface area contributed by atoms with Gasteiger partial charge in [-0.2, -0.15) is 5.26 Å². The van der Waals surface area contributed by atoms with Crippen LogP contribution in [-0.4, -0.2) is 13.1 Å². The van der Waals surface area contributed by atoms with E-state index in [1.165, 1.54) is 16.8 Å². The first kappa shape index (κ1) is 13.0. The third-order valence-electron chi connectivity index (χ3n) is 3.81. The van der Waals surface area contributed by atoms with Crippen LogP contribution in [-0.2, 0) is 0 Å². The molecule has 0 radical (unpaired) electrons. The second-order valence-corrected chi connectivity index (χ2v) is 5.58. The standard InChI is InChI=1S/C16H22N2/c1-12(2)15-8-4-6-13(3)16(15)18-9-5-7-14(10-17)11-18/h4,6,8,12,14H,5,7,9,11H2,1-3H3. The minimum atomic E-state index is 0.193. The highest BCUT2D eigenvalue weighted by atomic mass is 15.1. The Labute approximate surface area is 110 Å². The first-order valence-electron chi connectivity index (χ1n) is 6.87. The number of nitriles is 1. The lowest BCUT2D eigenvalue weighted by Crippen LogP contribution is -2.36. The van der Waals surface area contributed by atoms with Gasteiger partial charge in [-0.05, 0) is 36.8 Å². The molecule has 0 aliphatic carbocycles. The first-order valence-corrected chi connectivity index (χ1v) is 6.87. The van der Waals surface area contributed by atoms with Crippen molar-refractivity contribution < 1.29 is 0 Å². The smallest absolute Gasteiger partial charge is 0.0674 e. The van der Waals surface area contributed by atoms with Gasteiger partial charge in [0.2, 0.25) is 0 Å². The predicted molar refractivity (Wildman–Crippen MR) is 75.8 cm³/mol. The Morgan fingerprint density at radius 1 is 1.39 bits per heavy atom. The zero-order valence-electron chi connectivity index (χ0n) is 11.6. The van der Waals surface area contributed by atoms with Crippen molar-refractivity contribution in [1.29, 1.82) is 5.26 Å². The molecule has 96 valence electrons. The average molecular weight is 242 g/mol. The molecule has 0 saturated carbocycles. The Hall–Kier alpha value is -1.49. The monoisotopic (exact) mass is 242 g/mol. The van der Waals surface area contributed by atoms with Crippen LogP contribution in [0.15, 0.2) is 18.2 Å². The molecule has 1 fully saturated rings. The highest BCUT2D eigenvalue weighted by molar-refractivity contribution is 5.60. The van der Waals surface area contributed by atoms with Gasteiger partial charge >= 0.3 is 0 Å². The van der Waals surface area contributed by atoms with Crippen molar-refractivity contribution in [3.05, 3.63) is 29.3 Å². The van der Waals surface area contributed by atoms with E-state index in [4.69, 9.17) is 5.26 Å². The summed E-state index contributed by atoms with van der Waals surface area (Å²) in [6, 6.07) is 8.97. The zero-order valence-corrected chi connectivity index (χ0v) is 11.6. The van der Waals surface area contributed by atoms with E-state index >= 15 is 0 Å². The van der Waals surface area contributed by atoms with Crippen LogP contribution in [0.4, 0.5) is 5.69 Å². The molecule has 2 heteroatoms. The molecule has 1 aliphatic rings. The minimum Gasteiger partial charge on any atom is -0.370 e. The highest BCUT2D eigenvalue weighted by Crippen LogP contribution is 2.33. The van der Waals surface area contributed by atoms with Crippen LogP contribution in [0, 0.1) is 24.2 Å². The van der Waals surface area contributed by atoms with Crippen LogP contribution in [0.3, 0.4) is 0 Å². The molecular formula is C16H22N2. The van der Waals surface area contributed by atoms with Crippen molar-refractivity contribution in [2.75, 3.05) is 18.0 Å². The number of hydrogen-bond acceptors (Lipinski definition) is 2. The molecule has 0 spiro atoms. The molecular weight excluding hydrogens is 220 g/mol. The van der Waals surface area contributed by atoms with E-state index in [0.29, 0.717) is 5.92 Å². The fourth-order valence-corrected chi connectivity index (χ4v) is 2.87. The summed E-state index contributed by atoms with van der Waals surface area (Å²) in [6.45, 7) is 8.63. The summed E-state index contributed by atoms with van der Waals surface area (Å²) < 4.78 is 0. The summed E-state index contributed by atoms with van der Waals surface area (Å²) in [5.41, 5.74) is 4.11. The Morgan fingerprint density at radius 2 is 2.17 bits per heavy atom. The average Bonchev–Trinajstić information content (AvgIpc) is 2.38. The van der Waals surface area contributed by atoms with Gasteiger partial charge in [0.25, 0.3) is 0 Å². The number of benzene rings is 1. The maximum absolute atomic E-state index is 9.13. The maximum atomic E-state index is 9.13. The summed E-state index contributed by atoms with van der Waals surface area (Å²) in [4.78, 5) is 2.42. The highest BCUT2D eigenvalue weighted by Gasteiger charge is 2.23. The Morgan fingerprint density at radius 3 is 2.83 bits per heavy atom. The van der Waals surface area contributed by atoms with Crippen LogP contribution in [0.5, 0.6) is 0 Å². The van der Waals surface area contributed by atoms with Crippen molar-refractivity contribution in [1.82, 2.24) is 0 Å². The second-order valence-electron chi connectivity index (χ2n) is 5.58. The lowest BCUT2D eigenvalue weighted by atomic mass is 9.93. The SMILES string of the molecule is Cc1cccc(C(C)C)c1N1CCCC(C#N)C1. The molecule has 1 aromatic rings. The summed E-state index contributed by atoms with van der Waals surface area (Å²) in [5, 5.41) is 9.13. The molecule has 2 nitrogen and oxygen atoms in total. The Kier molecular flexibility index (Phi) is 3.91. The second kappa shape index (κ2) is 5.44. The lowest BCUT2D eigenvalue weighted by Gasteiger charge is -2.35. The van der Waals surface area contributed by atoms with Crippen molar-refractivity contribution in [2.24, 2.45) is 5.92 Å². The quantitative estimate of drug-likeness (QED) is 0.787. The number of piperidine rings is 1. The fraction of sp³-hybridized carbons (Fsp3) is 0.562. The number of anilines is 1. The molecule has 0 bridgehead atoms. The maximum Gasteiger partial charge on any atom is 0.0674 e. The van der Waals surface area contributed by atoms with Crippen molar-refractivity contribution in [3.8, 4) is 6.07 Å². The third-order valence-corrected chi connectivity index (χ3v) is 3.81. The van der Waals surface area contributed by atoms with Gasteiger partial charge in [0.05, 0.1) is 12.0 Å². The van der Waals surface area contributed by atoms with Crippen LogP contribution in [0.1, 0.15) is 43.7 Å². The molecule has 0 aromatic heterocycles. The van der Waals surface area contributed by atoms with E-state index in [1.54, 1.807) is 0 Å².